The first kappa shape index (κ1) is 5.96. The zero-order valence-corrected chi connectivity index (χ0v) is 5.36. The van der Waals surface area contributed by atoms with Gasteiger partial charge < -0.3 is 0 Å². The van der Waals surface area contributed by atoms with Gasteiger partial charge in [-0.05, 0) is 13.0 Å². The molecule has 0 spiro atoms. The van der Waals surface area contributed by atoms with Crippen LogP contribution in [0, 0.1) is 0 Å². The van der Waals surface area contributed by atoms with Gasteiger partial charge >= 0.3 is 0 Å². The quantitative estimate of drug-likeness (QED) is 0.364. The number of allylic oxidation sites excluding steroid dienone is 2. The van der Waals surface area contributed by atoms with Gasteiger partial charge in [-0.2, -0.15) is 0 Å². The molecule has 0 aromatic rings. The second-order valence-corrected chi connectivity index (χ2v) is 2.24. The van der Waals surface area contributed by atoms with E-state index in [2.05, 4.69) is 25.6 Å². The Labute approximate surface area is 42.1 Å². The predicted octanol–water partition coefficient (Wildman–Crippen LogP) is 1.73. The summed E-state index contributed by atoms with van der Waals surface area (Å²) in [7, 11) is 1.08. The molecule has 6 heavy (non-hydrogen) atoms. The van der Waals surface area contributed by atoms with Crippen LogP contribution >= 0.6 is 0 Å². The van der Waals surface area contributed by atoms with Gasteiger partial charge in [-0.15, -0.1) is 0 Å². The molecule has 0 aliphatic rings. The van der Waals surface area contributed by atoms with Crippen molar-refractivity contribution in [2.24, 2.45) is 0 Å². The minimum absolute atomic E-state index is 1.08. The zero-order chi connectivity index (χ0) is 4.83. The summed E-state index contributed by atoms with van der Waals surface area (Å²) in [6, 6.07) is 1.26. The summed E-state index contributed by atoms with van der Waals surface area (Å²) in [5.41, 5.74) is 0. The monoisotopic (exact) mass is 98.1 g/mol. The molecule has 0 rings (SSSR count). The van der Waals surface area contributed by atoms with Crippen LogP contribution in [0.3, 0.4) is 0 Å². The van der Waals surface area contributed by atoms with Crippen LogP contribution in [0.15, 0.2) is 12.2 Å². The van der Waals surface area contributed by atoms with Gasteiger partial charge in [-0.25, -0.2) is 0 Å². The van der Waals surface area contributed by atoms with E-state index in [1.165, 1.54) is 6.04 Å². The molecule has 0 saturated carbocycles. The second-order valence-electron chi connectivity index (χ2n) is 1.13. The Morgan fingerprint density at radius 1 is 1.67 bits per heavy atom. The van der Waals surface area contributed by atoms with Gasteiger partial charge in [0.2, 0.25) is 0 Å². The van der Waals surface area contributed by atoms with Gasteiger partial charge in [0, 0.05) is 9.52 Å². The maximum absolute atomic E-state index is 2.21. The van der Waals surface area contributed by atoms with Gasteiger partial charge in [0.1, 0.15) is 0 Å². The third kappa shape index (κ3) is 3.96. The van der Waals surface area contributed by atoms with Crippen molar-refractivity contribution in [1.82, 2.24) is 0 Å². The lowest BCUT2D eigenvalue weighted by Gasteiger charge is -1.74. The van der Waals surface area contributed by atoms with Crippen LogP contribution in [-0.2, 0) is 0 Å². The van der Waals surface area contributed by atoms with Crippen molar-refractivity contribution in [2.75, 3.05) is 0 Å². The van der Waals surface area contributed by atoms with E-state index < -0.39 is 0 Å². The fourth-order valence-electron chi connectivity index (χ4n) is 0.236. The molecule has 0 aromatic carbocycles. The van der Waals surface area contributed by atoms with E-state index in [1.807, 2.05) is 0 Å². The zero-order valence-electron chi connectivity index (χ0n) is 4.36. The molecule has 0 bridgehead atoms. The summed E-state index contributed by atoms with van der Waals surface area (Å²) < 4.78 is 0. The molecule has 0 saturated heterocycles. The minimum atomic E-state index is 1.08. The summed E-state index contributed by atoms with van der Waals surface area (Å²) >= 11 is 0. The van der Waals surface area contributed by atoms with Crippen LogP contribution in [0.1, 0.15) is 6.92 Å². The van der Waals surface area contributed by atoms with Crippen molar-refractivity contribution < 1.29 is 0 Å². The lowest BCUT2D eigenvalue weighted by atomic mass is 10.6. The molecule has 0 aliphatic heterocycles. The molecule has 0 atom stereocenters. The van der Waals surface area contributed by atoms with Crippen molar-refractivity contribution >= 4 is 9.52 Å². The van der Waals surface area contributed by atoms with Gasteiger partial charge in [-0.3, -0.25) is 0 Å². The average molecular weight is 98.2 g/mol. The van der Waals surface area contributed by atoms with Crippen LogP contribution in [0.25, 0.3) is 0 Å². The first-order valence-electron chi connectivity index (χ1n) is 2.17. The molecule has 0 fully saturated rings. The molecule has 0 heterocycles. The van der Waals surface area contributed by atoms with Crippen LogP contribution in [0.2, 0.25) is 12.6 Å². The Bertz CT molecular complexity index is 39.2. The molecule has 0 aromatic heterocycles. The van der Waals surface area contributed by atoms with Crippen LogP contribution in [-0.4, -0.2) is 9.52 Å². The SMILES string of the molecule is C/C=C/C[Si]C. The van der Waals surface area contributed by atoms with Gasteiger partial charge in [0.15, 0.2) is 0 Å². The van der Waals surface area contributed by atoms with Gasteiger partial charge in [0.25, 0.3) is 0 Å². The molecule has 1 heteroatoms. The van der Waals surface area contributed by atoms with Crippen molar-refractivity contribution in [3.05, 3.63) is 12.2 Å². The van der Waals surface area contributed by atoms with Gasteiger partial charge in [-0.1, -0.05) is 18.7 Å². The number of rotatable bonds is 2. The molecule has 2 radical (unpaired) electrons. The second kappa shape index (κ2) is 4.96. The first-order valence-corrected chi connectivity index (χ1v) is 3.88. The van der Waals surface area contributed by atoms with E-state index in [4.69, 9.17) is 0 Å². The third-order valence-electron chi connectivity index (χ3n) is 0.558. The molecule has 0 unspecified atom stereocenters. The van der Waals surface area contributed by atoms with Crippen molar-refractivity contribution in [3.8, 4) is 0 Å². The van der Waals surface area contributed by atoms with Crippen LogP contribution in [0.5, 0.6) is 0 Å². The van der Waals surface area contributed by atoms with Crippen molar-refractivity contribution in [3.63, 3.8) is 0 Å². The average Bonchev–Trinajstić information content (AvgIpc) is 1.61. The first-order chi connectivity index (χ1) is 2.91. The van der Waals surface area contributed by atoms with E-state index in [-0.39, 0.29) is 0 Å². The number of hydrogen-bond acceptors (Lipinski definition) is 0. The Balaban J connectivity index is 2.66. The summed E-state index contributed by atoms with van der Waals surface area (Å²) in [6.07, 6.45) is 4.29. The normalized spacial score (nSPS) is 10.3. The smallest absolute Gasteiger partial charge is 0.0386 e. The Morgan fingerprint density at radius 3 is 2.50 bits per heavy atom. The van der Waals surface area contributed by atoms with Crippen LogP contribution in [0.4, 0.5) is 0 Å². The fourth-order valence-corrected chi connectivity index (χ4v) is 0.707. The molecule has 0 N–H and O–H groups in total. The lowest BCUT2D eigenvalue weighted by Crippen LogP contribution is -1.70. The summed E-state index contributed by atoms with van der Waals surface area (Å²) in [6.45, 7) is 4.26. The predicted molar refractivity (Wildman–Crippen MR) is 31.2 cm³/mol. The van der Waals surface area contributed by atoms with E-state index in [0.29, 0.717) is 0 Å². The molecular formula is C5H10Si. The molecule has 0 amide bonds. The molecule has 0 nitrogen and oxygen atoms in total. The Morgan fingerprint density at radius 2 is 2.33 bits per heavy atom. The lowest BCUT2D eigenvalue weighted by molar-refractivity contribution is 1.60. The fraction of sp³-hybridized carbons (Fsp3) is 0.600. The van der Waals surface area contributed by atoms with Crippen molar-refractivity contribution in [2.45, 2.75) is 19.5 Å². The standard InChI is InChI=1S/C5H10Si/c1-3-4-5-6-2/h3-4H,5H2,1-2H3/b4-3+. The largest absolute Gasteiger partial charge is 0.0920 e. The van der Waals surface area contributed by atoms with Crippen LogP contribution < -0.4 is 0 Å². The number of hydrogen-bond donors (Lipinski definition) is 0. The highest BCUT2D eigenvalue weighted by Crippen LogP contribution is 1.77. The van der Waals surface area contributed by atoms with E-state index in [9.17, 15) is 0 Å². The Hall–Kier alpha value is -0.0431. The maximum atomic E-state index is 2.21. The summed E-state index contributed by atoms with van der Waals surface area (Å²) in [4.78, 5) is 0. The molecular weight excluding hydrogens is 88.1 g/mol. The van der Waals surface area contributed by atoms with E-state index >= 15 is 0 Å². The topological polar surface area (TPSA) is 0 Å². The highest BCUT2D eigenvalue weighted by Gasteiger charge is 1.67. The maximum Gasteiger partial charge on any atom is 0.0386 e. The molecule has 34 valence electrons. The van der Waals surface area contributed by atoms with E-state index in [1.54, 1.807) is 0 Å². The molecule has 0 aliphatic carbocycles. The van der Waals surface area contributed by atoms with E-state index in [0.717, 1.165) is 9.52 Å². The van der Waals surface area contributed by atoms with Crippen molar-refractivity contribution in [1.29, 1.82) is 0 Å². The Kier molecular flexibility index (Phi) is 4.92. The highest BCUT2D eigenvalue weighted by atomic mass is 28.2. The highest BCUT2D eigenvalue weighted by molar-refractivity contribution is 6.34. The summed E-state index contributed by atoms with van der Waals surface area (Å²) in [5.74, 6) is 0. The van der Waals surface area contributed by atoms with Gasteiger partial charge in [0.05, 0.1) is 0 Å². The minimum Gasteiger partial charge on any atom is -0.0920 e. The summed E-state index contributed by atoms with van der Waals surface area (Å²) in [5, 5.41) is 0. The third-order valence-corrected chi connectivity index (χ3v) is 1.20.